The minimum absolute atomic E-state index is 0.357. The molecule has 1 saturated heterocycles. The molecule has 0 bridgehead atoms. The molecule has 2 aromatic rings. The second-order valence-electron chi connectivity index (χ2n) is 7.35. The van der Waals surface area contributed by atoms with Gasteiger partial charge in [-0.1, -0.05) is 19.0 Å². The molecule has 152 valence electrons. The Kier molecular flexibility index (Phi) is 6.44. The Morgan fingerprint density at radius 2 is 1.96 bits per heavy atom. The van der Waals surface area contributed by atoms with Crippen molar-refractivity contribution in [3.63, 3.8) is 0 Å². The first-order valence-corrected chi connectivity index (χ1v) is 9.68. The summed E-state index contributed by atoms with van der Waals surface area (Å²) in [6, 6.07) is 8.09. The summed E-state index contributed by atoms with van der Waals surface area (Å²) < 4.78 is 16.2. The van der Waals surface area contributed by atoms with E-state index >= 15 is 0 Å². The lowest BCUT2D eigenvalue weighted by Crippen LogP contribution is -2.39. The van der Waals surface area contributed by atoms with Gasteiger partial charge in [-0.2, -0.15) is 0 Å². The predicted octanol–water partition coefficient (Wildman–Crippen LogP) is 3.38. The molecule has 0 aliphatic carbocycles. The van der Waals surface area contributed by atoms with Crippen molar-refractivity contribution < 1.29 is 14.0 Å². The Bertz CT molecular complexity index is 793. The van der Waals surface area contributed by atoms with Crippen LogP contribution in [0.5, 0.6) is 11.5 Å². The minimum Gasteiger partial charge on any atom is -0.497 e. The zero-order chi connectivity index (χ0) is 20.1. The molecule has 7 nitrogen and oxygen atoms in total. The van der Waals surface area contributed by atoms with E-state index in [-0.39, 0.29) is 0 Å². The van der Waals surface area contributed by atoms with E-state index in [1.165, 1.54) is 5.56 Å². The number of hydrogen-bond acceptors (Lipinski definition) is 5. The van der Waals surface area contributed by atoms with Crippen LogP contribution in [-0.4, -0.2) is 50.4 Å². The van der Waals surface area contributed by atoms with Crippen LogP contribution < -0.4 is 14.8 Å². The summed E-state index contributed by atoms with van der Waals surface area (Å²) in [5, 5.41) is 7.50. The summed E-state index contributed by atoms with van der Waals surface area (Å²) in [6.07, 6.45) is 1.05. The third kappa shape index (κ3) is 4.58. The summed E-state index contributed by atoms with van der Waals surface area (Å²) in [5.74, 6) is 4.09. The lowest BCUT2D eigenvalue weighted by atomic mass is 9.98. The SMILES string of the molecule is CN=C(NCc1cc(C(C)C)no1)N1CCC(c2cc(OC)cc(OC)c2)C1. The van der Waals surface area contributed by atoms with E-state index in [0.717, 1.165) is 48.4 Å². The molecule has 0 amide bonds. The van der Waals surface area contributed by atoms with Crippen molar-refractivity contribution in [1.82, 2.24) is 15.4 Å². The van der Waals surface area contributed by atoms with Gasteiger partial charge in [0.15, 0.2) is 11.7 Å². The van der Waals surface area contributed by atoms with Gasteiger partial charge in [0.2, 0.25) is 0 Å². The first kappa shape index (κ1) is 20.0. The highest BCUT2D eigenvalue weighted by Crippen LogP contribution is 2.32. The zero-order valence-electron chi connectivity index (χ0n) is 17.4. The van der Waals surface area contributed by atoms with Gasteiger partial charge in [-0.05, 0) is 30.0 Å². The van der Waals surface area contributed by atoms with E-state index in [4.69, 9.17) is 14.0 Å². The Balaban J connectivity index is 1.63. The maximum Gasteiger partial charge on any atom is 0.194 e. The number of nitrogens with one attached hydrogen (secondary N) is 1. The molecular weight excluding hydrogens is 356 g/mol. The largest absolute Gasteiger partial charge is 0.497 e. The minimum atomic E-state index is 0.357. The Hall–Kier alpha value is -2.70. The smallest absolute Gasteiger partial charge is 0.194 e. The second-order valence-corrected chi connectivity index (χ2v) is 7.35. The van der Waals surface area contributed by atoms with Crippen molar-refractivity contribution in [3.8, 4) is 11.5 Å². The van der Waals surface area contributed by atoms with Crippen LogP contribution in [-0.2, 0) is 6.54 Å². The number of guanidine groups is 1. The molecule has 1 fully saturated rings. The third-order valence-electron chi connectivity index (χ3n) is 5.13. The summed E-state index contributed by atoms with van der Waals surface area (Å²) >= 11 is 0. The van der Waals surface area contributed by atoms with Gasteiger partial charge in [-0.15, -0.1) is 0 Å². The van der Waals surface area contributed by atoms with E-state index in [9.17, 15) is 0 Å². The van der Waals surface area contributed by atoms with E-state index < -0.39 is 0 Å². The average molecular weight is 386 g/mol. The molecule has 0 spiro atoms. The van der Waals surface area contributed by atoms with Crippen molar-refractivity contribution in [2.75, 3.05) is 34.4 Å². The molecule has 28 heavy (non-hydrogen) atoms. The number of nitrogens with zero attached hydrogens (tertiary/aromatic N) is 3. The van der Waals surface area contributed by atoms with Gasteiger partial charge in [-0.3, -0.25) is 4.99 Å². The number of methoxy groups -OCH3 is 2. The van der Waals surface area contributed by atoms with Gasteiger partial charge < -0.3 is 24.2 Å². The first-order valence-electron chi connectivity index (χ1n) is 9.68. The molecule has 7 heteroatoms. The average Bonchev–Trinajstić information content (AvgIpc) is 3.38. The van der Waals surface area contributed by atoms with Gasteiger partial charge in [0.25, 0.3) is 0 Å². The van der Waals surface area contributed by atoms with E-state index in [1.807, 2.05) is 19.2 Å². The number of ether oxygens (including phenoxy) is 2. The number of hydrogen-bond donors (Lipinski definition) is 1. The normalized spacial score (nSPS) is 17.3. The summed E-state index contributed by atoms with van der Waals surface area (Å²) in [7, 11) is 5.17. The Morgan fingerprint density at radius 3 is 2.54 bits per heavy atom. The van der Waals surface area contributed by atoms with Gasteiger partial charge in [-0.25, -0.2) is 0 Å². The maximum atomic E-state index is 5.41. The quantitative estimate of drug-likeness (QED) is 0.606. The summed E-state index contributed by atoms with van der Waals surface area (Å²) in [6.45, 7) is 6.61. The number of benzene rings is 1. The molecule has 1 unspecified atom stereocenters. The van der Waals surface area contributed by atoms with Crippen LogP contribution in [0.25, 0.3) is 0 Å². The lowest BCUT2D eigenvalue weighted by Gasteiger charge is -2.21. The second kappa shape index (κ2) is 8.99. The highest BCUT2D eigenvalue weighted by molar-refractivity contribution is 5.80. The molecule has 1 N–H and O–H groups in total. The van der Waals surface area contributed by atoms with Crippen molar-refractivity contribution in [2.45, 2.75) is 38.6 Å². The topological polar surface area (TPSA) is 72.1 Å². The number of rotatable bonds is 6. The third-order valence-corrected chi connectivity index (χ3v) is 5.13. The zero-order valence-corrected chi connectivity index (χ0v) is 17.4. The molecule has 1 aliphatic rings. The molecule has 0 radical (unpaired) electrons. The highest BCUT2D eigenvalue weighted by Gasteiger charge is 2.27. The highest BCUT2D eigenvalue weighted by atomic mass is 16.5. The van der Waals surface area contributed by atoms with Crippen LogP contribution in [0.2, 0.25) is 0 Å². The van der Waals surface area contributed by atoms with Gasteiger partial charge in [0.1, 0.15) is 11.5 Å². The van der Waals surface area contributed by atoms with E-state index in [2.05, 4.69) is 46.3 Å². The molecule has 1 aliphatic heterocycles. The van der Waals surface area contributed by atoms with Crippen molar-refractivity contribution in [3.05, 3.63) is 41.3 Å². The van der Waals surface area contributed by atoms with Crippen LogP contribution >= 0.6 is 0 Å². The lowest BCUT2D eigenvalue weighted by molar-refractivity contribution is 0.369. The van der Waals surface area contributed by atoms with Gasteiger partial charge in [0, 0.05) is 38.2 Å². The fourth-order valence-electron chi connectivity index (χ4n) is 3.47. The maximum absolute atomic E-state index is 5.41. The number of aromatic nitrogens is 1. The monoisotopic (exact) mass is 386 g/mol. The Morgan fingerprint density at radius 1 is 1.25 bits per heavy atom. The van der Waals surface area contributed by atoms with Crippen molar-refractivity contribution in [2.24, 2.45) is 4.99 Å². The molecule has 1 aromatic carbocycles. The molecule has 1 atom stereocenters. The fourth-order valence-corrected chi connectivity index (χ4v) is 3.47. The van der Waals surface area contributed by atoms with Crippen LogP contribution in [0.1, 0.15) is 49.1 Å². The van der Waals surface area contributed by atoms with E-state index in [0.29, 0.717) is 18.4 Å². The van der Waals surface area contributed by atoms with Crippen molar-refractivity contribution >= 4 is 5.96 Å². The molecule has 1 aromatic heterocycles. The summed E-state index contributed by atoms with van der Waals surface area (Å²) in [5.41, 5.74) is 2.20. The molecule has 0 saturated carbocycles. The number of aliphatic imine (C=N–C) groups is 1. The van der Waals surface area contributed by atoms with Gasteiger partial charge in [0.05, 0.1) is 26.5 Å². The molecule has 3 rings (SSSR count). The molecule has 2 heterocycles. The summed E-state index contributed by atoms with van der Waals surface area (Å²) in [4.78, 5) is 6.72. The van der Waals surface area contributed by atoms with Crippen LogP contribution in [0.4, 0.5) is 0 Å². The number of likely N-dealkylation sites (tertiary alicyclic amines) is 1. The standard InChI is InChI=1S/C21H30N4O3/c1-14(2)20-11-19(28-24-20)12-23-21(22-3)25-7-6-15(13-25)16-8-17(26-4)10-18(9-16)27-5/h8-11,14-15H,6-7,12-13H2,1-5H3,(H,22,23). The predicted molar refractivity (Wildman–Crippen MR) is 109 cm³/mol. The Labute approximate surface area is 166 Å². The first-order chi connectivity index (χ1) is 13.5. The van der Waals surface area contributed by atoms with Crippen LogP contribution in [0.3, 0.4) is 0 Å². The van der Waals surface area contributed by atoms with Crippen molar-refractivity contribution in [1.29, 1.82) is 0 Å². The van der Waals surface area contributed by atoms with Gasteiger partial charge >= 0.3 is 0 Å². The van der Waals surface area contributed by atoms with Crippen LogP contribution in [0.15, 0.2) is 33.8 Å². The fraction of sp³-hybridized carbons (Fsp3) is 0.524. The van der Waals surface area contributed by atoms with E-state index in [1.54, 1.807) is 14.2 Å². The van der Waals surface area contributed by atoms with Crippen LogP contribution in [0, 0.1) is 0 Å². The molecular formula is C21H30N4O3.